The van der Waals surface area contributed by atoms with Crippen molar-refractivity contribution in [3.8, 4) is 0 Å². The fourth-order valence-electron chi connectivity index (χ4n) is 2.73. The van der Waals surface area contributed by atoms with E-state index in [0.717, 1.165) is 25.7 Å². The molecule has 0 aliphatic heterocycles. The molecule has 2 N–H and O–H groups in total. The van der Waals surface area contributed by atoms with Crippen molar-refractivity contribution in [2.75, 3.05) is 12.4 Å². The summed E-state index contributed by atoms with van der Waals surface area (Å²) in [6, 6.07) is 4.85. The van der Waals surface area contributed by atoms with Gasteiger partial charge in [0.2, 0.25) is 0 Å². The van der Waals surface area contributed by atoms with Crippen LogP contribution < -0.4 is 10.6 Å². The Hall–Kier alpha value is -2.11. The molecular weight excluding hydrogens is 270 g/mol. The van der Waals surface area contributed by atoms with Gasteiger partial charge in [-0.15, -0.1) is 0 Å². The van der Waals surface area contributed by atoms with Gasteiger partial charge in [-0.05, 0) is 25.0 Å². The van der Waals surface area contributed by atoms with Gasteiger partial charge in [-0.25, -0.2) is 0 Å². The molecule has 2 rings (SSSR count). The molecule has 0 spiro atoms. The van der Waals surface area contributed by atoms with Crippen LogP contribution >= 0.6 is 0 Å². The predicted molar refractivity (Wildman–Crippen MR) is 81.6 cm³/mol. The zero-order valence-electron chi connectivity index (χ0n) is 12.2. The number of carbonyl (C=O) groups excluding carboxylic acids is 1. The minimum absolute atomic E-state index is 0.0413. The Morgan fingerprint density at radius 1 is 1.24 bits per heavy atom. The second-order valence-electron chi connectivity index (χ2n) is 5.40. The predicted octanol–water partition coefficient (Wildman–Crippen LogP) is 3.09. The summed E-state index contributed by atoms with van der Waals surface area (Å²) in [4.78, 5) is 22.4. The summed E-state index contributed by atoms with van der Waals surface area (Å²) < 4.78 is 0. The standard InChI is InChI=1S/C15H21N3O3/c1-16-15(19)11-8-9-13(14(10-11)18(20)21)17-12-6-4-2-3-5-7-12/h8-10,12,17H,2-7H2,1H3,(H,16,19). The molecule has 1 aliphatic carbocycles. The van der Waals surface area contributed by atoms with Gasteiger partial charge >= 0.3 is 0 Å². The minimum Gasteiger partial charge on any atom is -0.377 e. The Kier molecular flexibility index (Phi) is 5.14. The molecule has 0 saturated heterocycles. The first-order valence-electron chi connectivity index (χ1n) is 7.39. The number of nitro groups is 1. The average molecular weight is 291 g/mol. The number of benzene rings is 1. The summed E-state index contributed by atoms with van der Waals surface area (Å²) in [5, 5.41) is 17.0. The molecule has 0 atom stereocenters. The molecule has 1 aromatic carbocycles. The summed E-state index contributed by atoms with van der Waals surface area (Å²) in [7, 11) is 1.51. The van der Waals surface area contributed by atoms with Crippen molar-refractivity contribution in [1.82, 2.24) is 5.32 Å². The van der Waals surface area contributed by atoms with Crippen molar-refractivity contribution in [2.45, 2.75) is 44.6 Å². The third kappa shape index (κ3) is 3.93. The van der Waals surface area contributed by atoms with E-state index >= 15 is 0 Å². The first-order valence-corrected chi connectivity index (χ1v) is 7.39. The van der Waals surface area contributed by atoms with E-state index in [2.05, 4.69) is 10.6 Å². The third-order valence-electron chi connectivity index (χ3n) is 3.90. The van der Waals surface area contributed by atoms with Crippen LogP contribution in [0.25, 0.3) is 0 Å². The van der Waals surface area contributed by atoms with Crippen molar-refractivity contribution in [1.29, 1.82) is 0 Å². The molecule has 0 radical (unpaired) electrons. The molecule has 114 valence electrons. The van der Waals surface area contributed by atoms with Crippen molar-refractivity contribution < 1.29 is 9.72 Å². The minimum atomic E-state index is -0.439. The van der Waals surface area contributed by atoms with Gasteiger partial charge in [-0.3, -0.25) is 14.9 Å². The molecule has 0 aromatic heterocycles. The molecule has 6 nitrogen and oxygen atoms in total. The van der Waals surface area contributed by atoms with E-state index in [9.17, 15) is 14.9 Å². The van der Waals surface area contributed by atoms with Crippen LogP contribution in [0.2, 0.25) is 0 Å². The van der Waals surface area contributed by atoms with Gasteiger partial charge in [-0.2, -0.15) is 0 Å². The van der Waals surface area contributed by atoms with E-state index in [1.54, 1.807) is 12.1 Å². The molecule has 21 heavy (non-hydrogen) atoms. The van der Waals surface area contributed by atoms with Crippen molar-refractivity contribution in [3.05, 3.63) is 33.9 Å². The number of hydrogen-bond acceptors (Lipinski definition) is 4. The van der Waals surface area contributed by atoms with Crippen LogP contribution in [0.3, 0.4) is 0 Å². The highest BCUT2D eigenvalue weighted by molar-refractivity contribution is 5.95. The van der Waals surface area contributed by atoms with Crippen LogP contribution in [0.5, 0.6) is 0 Å². The maximum Gasteiger partial charge on any atom is 0.293 e. The molecule has 1 aromatic rings. The number of carbonyl (C=O) groups is 1. The second kappa shape index (κ2) is 7.06. The van der Waals surface area contributed by atoms with Gasteiger partial charge in [-0.1, -0.05) is 25.7 Å². The van der Waals surface area contributed by atoms with Gasteiger partial charge in [0.1, 0.15) is 5.69 Å². The van der Waals surface area contributed by atoms with Gasteiger partial charge in [0.25, 0.3) is 11.6 Å². The lowest BCUT2D eigenvalue weighted by Gasteiger charge is -2.17. The molecule has 0 heterocycles. The van der Waals surface area contributed by atoms with Crippen LogP contribution in [-0.4, -0.2) is 23.9 Å². The summed E-state index contributed by atoms with van der Waals surface area (Å²) >= 11 is 0. The van der Waals surface area contributed by atoms with E-state index in [1.165, 1.54) is 26.0 Å². The summed E-state index contributed by atoms with van der Waals surface area (Å²) in [6.07, 6.45) is 6.85. The fraction of sp³-hybridized carbons (Fsp3) is 0.533. The highest BCUT2D eigenvalue weighted by atomic mass is 16.6. The number of nitrogens with one attached hydrogen (secondary N) is 2. The number of nitrogens with zero attached hydrogens (tertiary/aromatic N) is 1. The largest absolute Gasteiger partial charge is 0.377 e. The molecule has 1 fully saturated rings. The summed E-state index contributed by atoms with van der Waals surface area (Å²) in [6.45, 7) is 0. The Morgan fingerprint density at radius 3 is 2.48 bits per heavy atom. The number of nitro benzene ring substituents is 1. The van der Waals surface area contributed by atoms with Gasteiger partial charge in [0.05, 0.1) is 4.92 Å². The third-order valence-corrected chi connectivity index (χ3v) is 3.90. The van der Waals surface area contributed by atoms with Crippen LogP contribution in [0.4, 0.5) is 11.4 Å². The molecule has 0 bridgehead atoms. The lowest BCUT2D eigenvalue weighted by atomic mass is 10.1. The topological polar surface area (TPSA) is 84.3 Å². The van der Waals surface area contributed by atoms with Crippen LogP contribution in [0.1, 0.15) is 48.9 Å². The lowest BCUT2D eigenvalue weighted by molar-refractivity contribution is -0.384. The highest BCUT2D eigenvalue weighted by Gasteiger charge is 2.20. The van der Waals surface area contributed by atoms with E-state index in [-0.39, 0.29) is 17.6 Å². The Morgan fingerprint density at radius 2 is 1.90 bits per heavy atom. The van der Waals surface area contributed by atoms with Crippen molar-refractivity contribution >= 4 is 17.3 Å². The Bertz CT molecular complexity index is 523. The normalized spacial score (nSPS) is 16.0. The van der Waals surface area contributed by atoms with Gasteiger partial charge < -0.3 is 10.6 Å². The first kappa shape index (κ1) is 15.3. The molecular formula is C15H21N3O3. The fourth-order valence-corrected chi connectivity index (χ4v) is 2.73. The Balaban J connectivity index is 2.21. The number of rotatable bonds is 4. The number of anilines is 1. The maximum absolute atomic E-state index is 11.6. The van der Waals surface area contributed by atoms with Crippen LogP contribution in [0, 0.1) is 10.1 Å². The molecule has 1 aliphatic rings. The average Bonchev–Trinajstić information content (AvgIpc) is 2.75. The van der Waals surface area contributed by atoms with Gasteiger partial charge in [0, 0.05) is 24.7 Å². The van der Waals surface area contributed by atoms with E-state index in [1.807, 2.05) is 0 Å². The quantitative estimate of drug-likeness (QED) is 0.507. The monoisotopic (exact) mass is 291 g/mol. The maximum atomic E-state index is 11.6. The first-order chi connectivity index (χ1) is 10.1. The smallest absolute Gasteiger partial charge is 0.293 e. The van der Waals surface area contributed by atoms with Crippen LogP contribution in [-0.2, 0) is 0 Å². The SMILES string of the molecule is CNC(=O)c1ccc(NC2CCCCCC2)c([N+](=O)[O-])c1. The highest BCUT2D eigenvalue weighted by Crippen LogP contribution is 2.29. The van der Waals surface area contributed by atoms with Crippen molar-refractivity contribution in [3.63, 3.8) is 0 Å². The van der Waals surface area contributed by atoms with E-state index in [4.69, 9.17) is 0 Å². The molecule has 1 amide bonds. The second-order valence-corrected chi connectivity index (χ2v) is 5.40. The van der Waals surface area contributed by atoms with Crippen LogP contribution in [0.15, 0.2) is 18.2 Å². The van der Waals surface area contributed by atoms with E-state index < -0.39 is 4.92 Å². The molecule has 0 unspecified atom stereocenters. The lowest BCUT2D eigenvalue weighted by Crippen LogP contribution is -2.20. The zero-order valence-corrected chi connectivity index (χ0v) is 12.2. The number of hydrogen-bond donors (Lipinski definition) is 2. The summed E-state index contributed by atoms with van der Waals surface area (Å²) in [5.41, 5.74) is 0.760. The van der Waals surface area contributed by atoms with E-state index in [0.29, 0.717) is 11.3 Å². The van der Waals surface area contributed by atoms with Crippen molar-refractivity contribution in [2.24, 2.45) is 0 Å². The zero-order chi connectivity index (χ0) is 15.2. The Labute approximate surface area is 124 Å². The molecule has 6 heteroatoms. The number of amides is 1. The van der Waals surface area contributed by atoms with Gasteiger partial charge in [0.15, 0.2) is 0 Å². The summed E-state index contributed by atoms with van der Waals surface area (Å²) in [5.74, 6) is -0.320. The molecule has 1 saturated carbocycles.